The number of likely N-dealkylation sites (N-methyl/N-ethyl adjacent to an activating group) is 1. The number of H-pyrrole nitrogens is 1. The summed E-state index contributed by atoms with van der Waals surface area (Å²) in [5.41, 5.74) is 2.43. The number of urea groups is 1. The lowest BCUT2D eigenvalue weighted by atomic mass is 10.1. The Bertz CT molecular complexity index is 627. The molecule has 1 aromatic carbocycles. The molecule has 0 atom stereocenters. The Labute approximate surface area is 134 Å². The van der Waals surface area contributed by atoms with E-state index in [-0.39, 0.29) is 11.8 Å². The Balaban J connectivity index is 2.00. The maximum absolute atomic E-state index is 13.0. The number of rotatable bonds is 7. The average molecular weight is 320 g/mol. The van der Waals surface area contributed by atoms with Crippen LogP contribution in [0, 0.1) is 5.82 Å². The van der Waals surface area contributed by atoms with E-state index in [0.717, 1.165) is 16.8 Å². The van der Waals surface area contributed by atoms with Crippen molar-refractivity contribution in [1.82, 2.24) is 20.4 Å². The zero-order chi connectivity index (χ0) is 16.7. The molecule has 2 N–H and O–H groups in total. The minimum Gasteiger partial charge on any atom is -0.383 e. The molecular weight excluding hydrogens is 299 g/mol. The molecule has 2 amide bonds. The molecule has 0 saturated heterocycles. The first-order valence-corrected chi connectivity index (χ1v) is 7.45. The lowest BCUT2D eigenvalue weighted by molar-refractivity contribution is 0.151. The summed E-state index contributed by atoms with van der Waals surface area (Å²) in [6.07, 6.45) is 1.66. The highest BCUT2D eigenvalue weighted by molar-refractivity contribution is 5.74. The quantitative estimate of drug-likeness (QED) is 0.823. The van der Waals surface area contributed by atoms with Gasteiger partial charge in [0, 0.05) is 37.9 Å². The first kappa shape index (κ1) is 17.0. The van der Waals surface area contributed by atoms with Gasteiger partial charge in [0.1, 0.15) is 5.82 Å². The minimum atomic E-state index is -0.292. The molecule has 0 unspecified atom stereocenters. The van der Waals surface area contributed by atoms with Crippen molar-refractivity contribution in [2.75, 3.05) is 26.8 Å². The van der Waals surface area contributed by atoms with E-state index in [2.05, 4.69) is 15.5 Å². The van der Waals surface area contributed by atoms with Crippen molar-refractivity contribution >= 4 is 6.03 Å². The molecule has 6 nitrogen and oxygen atoms in total. The number of ether oxygens (including phenoxy) is 1. The minimum absolute atomic E-state index is 0.157. The number of carbonyl (C=O) groups is 1. The molecule has 1 aromatic heterocycles. The molecule has 0 fully saturated rings. The zero-order valence-electron chi connectivity index (χ0n) is 13.3. The molecule has 1 heterocycles. The number of aromatic nitrogens is 2. The van der Waals surface area contributed by atoms with Crippen molar-refractivity contribution in [1.29, 1.82) is 0 Å². The van der Waals surface area contributed by atoms with Crippen LogP contribution < -0.4 is 5.32 Å². The number of carbonyl (C=O) groups excluding carboxylic acids is 1. The van der Waals surface area contributed by atoms with Crippen LogP contribution in [-0.4, -0.2) is 47.9 Å². The summed E-state index contributed by atoms with van der Waals surface area (Å²) in [6.45, 7) is 3.89. The van der Waals surface area contributed by atoms with Gasteiger partial charge in [-0.3, -0.25) is 5.10 Å². The second-order valence-corrected chi connectivity index (χ2v) is 5.01. The fourth-order valence-corrected chi connectivity index (χ4v) is 2.20. The molecule has 2 aromatic rings. The fraction of sp³-hybridized carbons (Fsp3) is 0.375. The van der Waals surface area contributed by atoms with E-state index in [9.17, 15) is 9.18 Å². The lowest BCUT2D eigenvalue weighted by Gasteiger charge is -2.20. The highest BCUT2D eigenvalue weighted by atomic mass is 19.1. The Morgan fingerprint density at radius 3 is 2.78 bits per heavy atom. The monoisotopic (exact) mass is 320 g/mol. The normalized spacial score (nSPS) is 10.6. The Hall–Kier alpha value is -2.41. The Morgan fingerprint density at radius 1 is 1.39 bits per heavy atom. The summed E-state index contributed by atoms with van der Waals surface area (Å²) in [6, 6.07) is 5.97. The Kier molecular flexibility index (Phi) is 6.10. The van der Waals surface area contributed by atoms with Gasteiger partial charge in [-0.1, -0.05) is 0 Å². The predicted octanol–water partition coefficient (Wildman–Crippen LogP) is 2.39. The highest BCUT2D eigenvalue weighted by Gasteiger charge is 2.13. The van der Waals surface area contributed by atoms with E-state index < -0.39 is 0 Å². The van der Waals surface area contributed by atoms with Crippen molar-refractivity contribution in [2.45, 2.75) is 13.5 Å². The van der Waals surface area contributed by atoms with E-state index in [1.165, 1.54) is 12.1 Å². The number of amides is 2. The number of nitrogens with one attached hydrogen (secondary N) is 2. The summed E-state index contributed by atoms with van der Waals surface area (Å²) in [7, 11) is 1.60. The summed E-state index contributed by atoms with van der Waals surface area (Å²) >= 11 is 0. The first-order valence-electron chi connectivity index (χ1n) is 7.45. The molecular formula is C16H21FN4O2. The van der Waals surface area contributed by atoms with Gasteiger partial charge in [-0.05, 0) is 31.2 Å². The van der Waals surface area contributed by atoms with Gasteiger partial charge in [-0.15, -0.1) is 0 Å². The van der Waals surface area contributed by atoms with Crippen LogP contribution in [0.2, 0.25) is 0 Å². The molecule has 0 aliphatic heterocycles. The van der Waals surface area contributed by atoms with Gasteiger partial charge in [0.15, 0.2) is 0 Å². The lowest BCUT2D eigenvalue weighted by Crippen LogP contribution is -2.41. The maximum atomic E-state index is 13.0. The number of benzene rings is 1. The average Bonchev–Trinajstić information content (AvgIpc) is 3.03. The maximum Gasteiger partial charge on any atom is 0.317 e. The molecule has 0 aliphatic carbocycles. The van der Waals surface area contributed by atoms with Crippen molar-refractivity contribution in [2.24, 2.45) is 0 Å². The summed E-state index contributed by atoms with van der Waals surface area (Å²) in [5, 5.41) is 9.76. The standard InChI is InChI=1S/C16H21FN4O2/c1-3-21(8-9-23-2)16(22)18-10-13-11-19-20-15(13)12-4-6-14(17)7-5-12/h4-7,11H,3,8-10H2,1-2H3,(H,18,22)(H,19,20). The third-order valence-corrected chi connectivity index (χ3v) is 3.52. The highest BCUT2D eigenvalue weighted by Crippen LogP contribution is 2.21. The van der Waals surface area contributed by atoms with Gasteiger partial charge in [-0.2, -0.15) is 5.10 Å². The van der Waals surface area contributed by atoms with Gasteiger partial charge in [0.05, 0.1) is 18.5 Å². The molecule has 124 valence electrons. The zero-order valence-corrected chi connectivity index (χ0v) is 13.3. The topological polar surface area (TPSA) is 70.2 Å². The molecule has 0 radical (unpaired) electrons. The van der Waals surface area contributed by atoms with Crippen LogP contribution in [0.5, 0.6) is 0 Å². The van der Waals surface area contributed by atoms with E-state index in [1.54, 1.807) is 30.3 Å². The molecule has 7 heteroatoms. The molecule has 2 rings (SSSR count). The Morgan fingerprint density at radius 2 is 2.13 bits per heavy atom. The van der Waals surface area contributed by atoms with Gasteiger partial charge in [0.2, 0.25) is 0 Å². The fourth-order valence-electron chi connectivity index (χ4n) is 2.20. The molecule has 0 bridgehead atoms. The van der Waals surface area contributed by atoms with Crippen LogP contribution >= 0.6 is 0 Å². The molecule has 0 saturated carbocycles. The molecule has 23 heavy (non-hydrogen) atoms. The van der Waals surface area contributed by atoms with Crippen LogP contribution in [-0.2, 0) is 11.3 Å². The molecule has 0 aliphatic rings. The van der Waals surface area contributed by atoms with Crippen molar-refractivity contribution < 1.29 is 13.9 Å². The number of hydrogen-bond acceptors (Lipinski definition) is 3. The second kappa shape index (κ2) is 8.28. The van der Waals surface area contributed by atoms with E-state index in [4.69, 9.17) is 4.74 Å². The van der Waals surface area contributed by atoms with Crippen LogP contribution in [0.25, 0.3) is 11.3 Å². The van der Waals surface area contributed by atoms with Crippen molar-refractivity contribution in [3.05, 3.63) is 41.8 Å². The van der Waals surface area contributed by atoms with Crippen LogP contribution in [0.15, 0.2) is 30.5 Å². The largest absolute Gasteiger partial charge is 0.383 e. The second-order valence-electron chi connectivity index (χ2n) is 5.01. The first-order chi connectivity index (χ1) is 11.2. The third-order valence-electron chi connectivity index (χ3n) is 3.52. The summed E-state index contributed by atoms with van der Waals surface area (Å²) < 4.78 is 18.0. The summed E-state index contributed by atoms with van der Waals surface area (Å²) in [5.74, 6) is -0.292. The van der Waals surface area contributed by atoms with E-state index >= 15 is 0 Å². The van der Waals surface area contributed by atoms with Gasteiger partial charge in [0.25, 0.3) is 0 Å². The van der Waals surface area contributed by atoms with Crippen LogP contribution in [0.4, 0.5) is 9.18 Å². The molecule has 0 spiro atoms. The van der Waals surface area contributed by atoms with Crippen LogP contribution in [0.1, 0.15) is 12.5 Å². The number of halogens is 1. The van der Waals surface area contributed by atoms with Gasteiger partial charge in [-0.25, -0.2) is 9.18 Å². The number of methoxy groups -OCH3 is 1. The van der Waals surface area contributed by atoms with Crippen LogP contribution in [0.3, 0.4) is 0 Å². The van der Waals surface area contributed by atoms with Crippen molar-refractivity contribution in [3.63, 3.8) is 0 Å². The van der Waals surface area contributed by atoms with Gasteiger partial charge < -0.3 is 15.0 Å². The van der Waals surface area contributed by atoms with Gasteiger partial charge >= 0.3 is 6.03 Å². The number of hydrogen-bond donors (Lipinski definition) is 2. The summed E-state index contributed by atoms with van der Waals surface area (Å²) in [4.78, 5) is 13.8. The third kappa shape index (κ3) is 4.53. The number of aromatic amines is 1. The van der Waals surface area contributed by atoms with E-state index in [0.29, 0.717) is 26.2 Å². The SMILES string of the molecule is CCN(CCOC)C(=O)NCc1cn[nH]c1-c1ccc(F)cc1. The predicted molar refractivity (Wildman–Crippen MR) is 85.3 cm³/mol. The van der Waals surface area contributed by atoms with E-state index in [1.807, 2.05) is 6.92 Å². The van der Waals surface area contributed by atoms with Crippen molar-refractivity contribution in [3.8, 4) is 11.3 Å². The number of nitrogens with zero attached hydrogens (tertiary/aromatic N) is 2. The smallest absolute Gasteiger partial charge is 0.317 e.